The lowest BCUT2D eigenvalue weighted by molar-refractivity contribution is -0.143. The summed E-state index contributed by atoms with van der Waals surface area (Å²) in [5, 5.41) is 14.9. The standard InChI is InChI=1S/C28H34N6O5/c35-21-16-34(17-21)26(36)18-38-23-14-29-28(30-15-23)31-20-5-7-22(8-6-20)39-27-24-4-2-1-3-19(24)13-25(32-27)33-9-11-37-12-10-33/h1-4,13-15,20-22,35H,5-12,16-18H2,(H,29,30,31). The number of aromatic nitrogens is 3. The van der Waals surface area contributed by atoms with Crippen LogP contribution in [-0.4, -0.2) is 95.1 Å². The third kappa shape index (κ3) is 6.15. The number of hydrogen-bond acceptors (Lipinski definition) is 10. The van der Waals surface area contributed by atoms with Gasteiger partial charge in [-0.15, -0.1) is 0 Å². The number of nitrogens with zero attached hydrogens (tertiary/aromatic N) is 5. The summed E-state index contributed by atoms with van der Waals surface area (Å²) in [5.74, 6) is 2.46. The van der Waals surface area contributed by atoms with E-state index in [9.17, 15) is 9.90 Å². The predicted molar refractivity (Wildman–Crippen MR) is 145 cm³/mol. The van der Waals surface area contributed by atoms with Gasteiger partial charge in [-0.05, 0) is 43.2 Å². The number of likely N-dealkylation sites (tertiary alicyclic amines) is 1. The van der Waals surface area contributed by atoms with Crippen LogP contribution < -0.4 is 19.7 Å². The van der Waals surface area contributed by atoms with E-state index in [4.69, 9.17) is 19.2 Å². The molecule has 2 N–H and O–H groups in total. The van der Waals surface area contributed by atoms with Crippen LogP contribution in [0.15, 0.2) is 42.7 Å². The van der Waals surface area contributed by atoms with E-state index >= 15 is 0 Å². The van der Waals surface area contributed by atoms with Gasteiger partial charge in [-0.1, -0.05) is 18.2 Å². The second-order valence-electron chi connectivity index (χ2n) is 10.3. The van der Waals surface area contributed by atoms with Crippen LogP contribution in [0, 0.1) is 0 Å². The summed E-state index contributed by atoms with van der Waals surface area (Å²) in [6, 6.07) is 10.6. The molecule has 6 rings (SSSR count). The maximum absolute atomic E-state index is 12.0. The maximum atomic E-state index is 12.0. The van der Waals surface area contributed by atoms with E-state index in [-0.39, 0.29) is 24.7 Å². The molecule has 0 atom stereocenters. The summed E-state index contributed by atoms with van der Waals surface area (Å²) in [6.45, 7) is 3.73. The van der Waals surface area contributed by atoms with Crippen molar-refractivity contribution in [2.45, 2.75) is 43.9 Å². The average molecular weight is 535 g/mol. The van der Waals surface area contributed by atoms with Crippen molar-refractivity contribution in [1.82, 2.24) is 19.9 Å². The van der Waals surface area contributed by atoms with Crippen LogP contribution in [0.25, 0.3) is 10.8 Å². The zero-order valence-electron chi connectivity index (χ0n) is 21.9. The van der Waals surface area contributed by atoms with E-state index in [1.807, 2.05) is 12.1 Å². The minimum absolute atomic E-state index is 0.0909. The highest BCUT2D eigenvalue weighted by Gasteiger charge is 2.29. The minimum Gasteiger partial charge on any atom is -0.481 e. The number of pyridine rings is 1. The normalized spacial score (nSPS) is 21.9. The summed E-state index contributed by atoms with van der Waals surface area (Å²) < 4.78 is 17.5. The highest BCUT2D eigenvalue weighted by atomic mass is 16.5. The van der Waals surface area contributed by atoms with Crippen LogP contribution in [0.5, 0.6) is 11.6 Å². The molecular formula is C28H34N6O5. The highest BCUT2D eigenvalue weighted by Crippen LogP contribution is 2.32. The molecule has 39 heavy (non-hydrogen) atoms. The Bertz CT molecular complexity index is 1270. The van der Waals surface area contributed by atoms with Crippen LogP contribution in [-0.2, 0) is 9.53 Å². The average Bonchev–Trinajstić information content (AvgIpc) is 2.96. The van der Waals surface area contributed by atoms with Gasteiger partial charge in [0.2, 0.25) is 11.8 Å². The van der Waals surface area contributed by atoms with E-state index in [0.29, 0.717) is 43.9 Å². The number of aliphatic hydroxyl groups excluding tert-OH is 1. The molecule has 1 aliphatic carbocycles. The van der Waals surface area contributed by atoms with Crippen LogP contribution >= 0.6 is 0 Å². The number of carbonyl (C=O) groups is 1. The summed E-state index contributed by atoms with van der Waals surface area (Å²) >= 11 is 0. The summed E-state index contributed by atoms with van der Waals surface area (Å²) in [5.41, 5.74) is 0. The first-order valence-corrected chi connectivity index (χ1v) is 13.7. The molecule has 0 spiro atoms. The number of β-amino-alcohol motifs (C(OH)–C–C–N with tert-alkyl or cyclic N) is 1. The van der Waals surface area contributed by atoms with Crippen molar-refractivity contribution in [2.24, 2.45) is 0 Å². The Morgan fingerprint density at radius 3 is 2.56 bits per heavy atom. The van der Waals surface area contributed by atoms with Crippen LogP contribution in [0.3, 0.4) is 0 Å². The number of amides is 1. The SMILES string of the molecule is O=C(COc1cnc(NC2CCC(Oc3nc(N4CCOCC4)cc4ccccc34)CC2)nc1)N1CC(O)C1. The summed E-state index contributed by atoms with van der Waals surface area (Å²) in [6.07, 6.45) is 6.50. The van der Waals surface area contributed by atoms with E-state index in [0.717, 1.165) is 55.4 Å². The molecule has 2 aliphatic heterocycles. The Morgan fingerprint density at radius 2 is 1.82 bits per heavy atom. The molecule has 4 heterocycles. The number of ether oxygens (including phenoxy) is 3. The molecule has 3 aromatic rings. The van der Waals surface area contributed by atoms with Crippen LogP contribution in [0.2, 0.25) is 0 Å². The zero-order valence-corrected chi connectivity index (χ0v) is 21.9. The van der Waals surface area contributed by atoms with E-state index in [1.54, 1.807) is 17.3 Å². The van der Waals surface area contributed by atoms with Crippen molar-refractivity contribution >= 4 is 28.4 Å². The Kier molecular flexibility index (Phi) is 7.60. The van der Waals surface area contributed by atoms with Crippen LogP contribution in [0.4, 0.5) is 11.8 Å². The quantitative estimate of drug-likeness (QED) is 0.445. The molecule has 206 valence electrons. The van der Waals surface area contributed by atoms with Gasteiger partial charge in [0.25, 0.3) is 5.91 Å². The Balaban J connectivity index is 1.01. The molecule has 11 nitrogen and oxygen atoms in total. The van der Waals surface area contributed by atoms with E-state index in [2.05, 4.69) is 38.4 Å². The van der Waals surface area contributed by atoms with Gasteiger partial charge in [-0.2, -0.15) is 4.98 Å². The van der Waals surface area contributed by atoms with Crippen molar-refractivity contribution in [2.75, 3.05) is 56.2 Å². The fourth-order valence-electron chi connectivity index (χ4n) is 5.22. The molecule has 0 radical (unpaired) electrons. The molecule has 1 amide bonds. The molecule has 1 saturated carbocycles. The lowest BCUT2D eigenvalue weighted by Crippen LogP contribution is -2.54. The number of morpholine rings is 1. The van der Waals surface area contributed by atoms with Gasteiger partial charge in [-0.25, -0.2) is 9.97 Å². The van der Waals surface area contributed by atoms with Crippen molar-refractivity contribution in [3.8, 4) is 11.6 Å². The number of anilines is 2. The molecule has 3 aliphatic rings. The topological polar surface area (TPSA) is 122 Å². The second-order valence-corrected chi connectivity index (χ2v) is 10.3. The van der Waals surface area contributed by atoms with E-state index in [1.165, 1.54) is 0 Å². The number of nitrogens with one attached hydrogen (secondary N) is 1. The lowest BCUT2D eigenvalue weighted by atomic mass is 9.93. The first-order chi connectivity index (χ1) is 19.1. The molecule has 2 aromatic heterocycles. The Morgan fingerprint density at radius 1 is 1.08 bits per heavy atom. The van der Waals surface area contributed by atoms with Crippen molar-refractivity contribution < 1.29 is 24.1 Å². The largest absolute Gasteiger partial charge is 0.481 e. The number of hydrogen-bond donors (Lipinski definition) is 2. The number of benzene rings is 1. The minimum atomic E-state index is -0.424. The van der Waals surface area contributed by atoms with Gasteiger partial charge >= 0.3 is 0 Å². The molecule has 3 fully saturated rings. The molecular weight excluding hydrogens is 500 g/mol. The number of aliphatic hydroxyl groups is 1. The zero-order chi connectivity index (χ0) is 26.6. The predicted octanol–water partition coefficient (Wildman–Crippen LogP) is 2.25. The maximum Gasteiger partial charge on any atom is 0.260 e. The van der Waals surface area contributed by atoms with Crippen molar-refractivity contribution in [3.63, 3.8) is 0 Å². The van der Waals surface area contributed by atoms with Crippen molar-refractivity contribution in [1.29, 1.82) is 0 Å². The molecule has 0 bridgehead atoms. The third-order valence-corrected chi connectivity index (χ3v) is 7.52. The molecule has 0 unspecified atom stereocenters. The Hall–Kier alpha value is -3.70. The monoisotopic (exact) mass is 534 g/mol. The van der Waals surface area contributed by atoms with Crippen LogP contribution in [0.1, 0.15) is 25.7 Å². The van der Waals surface area contributed by atoms with Gasteiger partial charge in [0, 0.05) is 37.6 Å². The van der Waals surface area contributed by atoms with E-state index < -0.39 is 6.10 Å². The van der Waals surface area contributed by atoms with Gasteiger partial charge in [0.15, 0.2) is 12.4 Å². The first kappa shape index (κ1) is 25.6. The number of carbonyl (C=O) groups excluding carboxylic acids is 1. The smallest absolute Gasteiger partial charge is 0.260 e. The third-order valence-electron chi connectivity index (χ3n) is 7.52. The highest BCUT2D eigenvalue weighted by molar-refractivity contribution is 5.89. The molecule has 11 heteroatoms. The fraction of sp³-hybridized carbons (Fsp3) is 0.500. The number of rotatable bonds is 8. The fourth-order valence-corrected chi connectivity index (χ4v) is 5.22. The van der Waals surface area contributed by atoms with Gasteiger partial charge in [0.05, 0.1) is 31.7 Å². The van der Waals surface area contributed by atoms with Crippen molar-refractivity contribution in [3.05, 3.63) is 42.7 Å². The lowest BCUT2D eigenvalue weighted by Gasteiger charge is -2.35. The first-order valence-electron chi connectivity index (χ1n) is 13.7. The van der Waals surface area contributed by atoms with Gasteiger partial charge in [-0.3, -0.25) is 4.79 Å². The molecule has 1 aromatic carbocycles. The van der Waals surface area contributed by atoms with Gasteiger partial charge < -0.3 is 34.4 Å². The number of fused-ring (bicyclic) bond motifs is 1. The second kappa shape index (κ2) is 11.6. The summed E-state index contributed by atoms with van der Waals surface area (Å²) in [7, 11) is 0. The Labute approximate surface area is 227 Å². The molecule has 2 saturated heterocycles. The van der Waals surface area contributed by atoms with Gasteiger partial charge in [0.1, 0.15) is 11.9 Å². The summed E-state index contributed by atoms with van der Waals surface area (Å²) in [4.78, 5) is 29.4.